The molecule has 0 radical (unpaired) electrons. The molecule has 4 heteroatoms. The number of allylic oxidation sites excluding steroid dienone is 2. The van der Waals surface area contributed by atoms with Gasteiger partial charge in [-0.25, -0.2) is 0 Å². The van der Waals surface area contributed by atoms with E-state index in [4.69, 9.17) is 9.47 Å². The highest BCUT2D eigenvalue weighted by molar-refractivity contribution is 5.84. The molecule has 0 atom stereocenters. The van der Waals surface area contributed by atoms with Crippen LogP contribution < -0.4 is 5.32 Å². The van der Waals surface area contributed by atoms with E-state index in [1.54, 1.807) is 0 Å². The van der Waals surface area contributed by atoms with E-state index in [1.807, 2.05) is 6.92 Å². The summed E-state index contributed by atoms with van der Waals surface area (Å²) >= 11 is 0. The number of ether oxygens (including phenoxy) is 2. The van der Waals surface area contributed by atoms with Crippen LogP contribution in [0.25, 0.3) is 0 Å². The zero-order valence-corrected chi connectivity index (χ0v) is 12.0. The molecule has 3 aliphatic rings. The predicted molar refractivity (Wildman–Crippen MR) is 75.3 cm³/mol. The average molecular weight is 264 g/mol. The molecule has 0 aromatic heterocycles. The molecule has 1 spiro atoms. The van der Waals surface area contributed by atoms with Crippen LogP contribution in [0.5, 0.6) is 0 Å². The van der Waals surface area contributed by atoms with Crippen molar-refractivity contribution in [3.05, 3.63) is 11.6 Å². The molecular formula is C15H24N2O2. The van der Waals surface area contributed by atoms with E-state index in [0.717, 1.165) is 45.0 Å². The lowest BCUT2D eigenvalue weighted by Gasteiger charge is -2.46. The summed E-state index contributed by atoms with van der Waals surface area (Å²) in [6, 6.07) is 0. The molecule has 0 amide bonds. The van der Waals surface area contributed by atoms with Crippen molar-refractivity contribution in [1.29, 1.82) is 0 Å². The van der Waals surface area contributed by atoms with Gasteiger partial charge >= 0.3 is 0 Å². The van der Waals surface area contributed by atoms with Gasteiger partial charge in [-0.05, 0) is 33.1 Å². The first-order chi connectivity index (χ1) is 9.09. The maximum Gasteiger partial charge on any atom is 0.172 e. The van der Waals surface area contributed by atoms with Gasteiger partial charge in [-0.15, -0.1) is 0 Å². The highest BCUT2D eigenvalue weighted by Gasteiger charge is 2.43. The average Bonchev–Trinajstić information content (AvgIpc) is 2.90. The van der Waals surface area contributed by atoms with Crippen LogP contribution >= 0.6 is 0 Å². The van der Waals surface area contributed by atoms with E-state index in [0.29, 0.717) is 0 Å². The molecule has 1 fully saturated rings. The lowest BCUT2D eigenvalue weighted by molar-refractivity contribution is -0.292. The maximum atomic E-state index is 6.08. The minimum atomic E-state index is -0.502. The Balaban J connectivity index is 1.59. The van der Waals surface area contributed by atoms with E-state index in [1.165, 1.54) is 18.4 Å². The summed E-state index contributed by atoms with van der Waals surface area (Å²) in [6.07, 6.45) is 6.54. The van der Waals surface area contributed by atoms with E-state index in [-0.39, 0.29) is 5.41 Å². The number of nitrogens with one attached hydrogen (secondary N) is 1. The third kappa shape index (κ3) is 2.84. The second-order valence-electron chi connectivity index (χ2n) is 6.40. The predicted octanol–water partition coefficient (Wildman–Crippen LogP) is 2.26. The van der Waals surface area contributed by atoms with Gasteiger partial charge in [0.05, 0.1) is 26.2 Å². The van der Waals surface area contributed by atoms with Crippen LogP contribution in [0.3, 0.4) is 0 Å². The third-order valence-electron chi connectivity index (χ3n) is 4.53. The number of nitrogens with zero attached hydrogens (tertiary/aromatic N) is 1. The Morgan fingerprint density at radius 3 is 2.74 bits per heavy atom. The van der Waals surface area contributed by atoms with E-state index < -0.39 is 5.79 Å². The van der Waals surface area contributed by atoms with Gasteiger partial charge in [0, 0.05) is 12.0 Å². The molecule has 4 nitrogen and oxygen atoms in total. The molecule has 0 aromatic carbocycles. The standard InChI is InChI=1S/C15H24N2O2/c1-12-3-5-15(6-4-12)10-18-14(2,19-11-15)9-13-16-7-8-17-13/h3H,4-11H2,1-2H3,(H,16,17). The van der Waals surface area contributed by atoms with Crippen molar-refractivity contribution in [2.24, 2.45) is 10.4 Å². The number of rotatable bonds is 2. The van der Waals surface area contributed by atoms with Crippen LogP contribution in [0.15, 0.2) is 16.6 Å². The van der Waals surface area contributed by atoms with Gasteiger partial charge in [0.25, 0.3) is 0 Å². The van der Waals surface area contributed by atoms with E-state index in [9.17, 15) is 0 Å². The highest BCUT2D eigenvalue weighted by Crippen LogP contribution is 2.41. The molecule has 0 bridgehead atoms. The monoisotopic (exact) mass is 264 g/mol. The fourth-order valence-corrected chi connectivity index (χ4v) is 2.99. The van der Waals surface area contributed by atoms with E-state index >= 15 is 0 Å². The van der Waals surface area contributed by atoms with Gasteiger partial charge < -0.3 is 14.8 Å². The normalized spacial score (nSPS) is 38.8. The second-order valence-corrected chi connectivity index (χ2v) is 6.40. The lowest BCUT2D eigenvalue weighted by atomic mass is 9.75. The molecule has 106 valence electrons. The molecule has 3 rings (SSSR count). The Kier molecular flexibility index (Phi) is 3.39. The lowest BCUT2D eigenvalue weighted by Crippen LogP contribution is -2.50. The molecule has 0 aromatic rings. The second kappa shape index (κ2) is 4.91. The molecular weight excluding hydrogens is 240 g/mol. The summed E-state index contributed by atoms with van der Waals surface area (Å²) in [5.74, 6) is 0.523. The largest absolute Gasteiger partial charge is 0.372 e. The van der Waals surface area contributed by atoms with E-state index in [2.05, 4.69) is 23.3 Å². The number of aliphatic imine (C=N–C) groups is 1. The van der Waals surface area contributed by atoms with Gasteiger partial charge in [-0.3, -0.25) is 4.99 Å². The van der Waals surface area contributed by atoms with Crippen LogP contribution in [0.1, 0.15) is 39.5 Å². The quantitative estimate of drug-likeness (QED) is 0.778. The Morgan fingerprint density at radius 1 is 1.37 bits per heavy atom. The van der Waals surface area contributed by atoms with Crippen molar-refractivity contribution in [1.82, 2.24) is 5.32 Å². The van der Waals surface area contributed by atoms with Crippen molar-refractivity contribution in [3.63, 3.8) is 0 Å². The molecule has 19 heavy (non-hydrogen) atoms. The topological polar surface area (TPSA) is 42.8 Å². The SMILES string of the molecule is CC1=CCC2(CC1)COC(C)(CC1=NCCN1)OC2. The minimum absolute atomic E-state index is 0.212. The van der Waals surface area contributed by atoms with Crippen LogP contribution in [-0.4, -0.2) is 37.9 Å². The summed E-state index contributed by atoms with van der Waals surface area (Å²) < 4.78 is 12.2. The fraction of sp³-hybridized carbons (Fsp3) is 0.800. The first-order valence-corrected chi connectivity index (χ1v) is 7.30. The smallest absolute Gasteiger partial charge is 0.172 e. The molecule has 1 N–H and O–H groups in total. The molecule has 1 saturated heterocycles. The number of hydrogen-bond acceptors (Lipinski definition) is 4. The van der Waals surface area contributed by atoms with Gasteiger partial charge in [0.2, 0.25) is 0 Å². The first kappa shape index (κ1) is 13.1. The molecule has 2 heterocycles. The van der Waals surface area contributed by atoms with Crippen molar-refractivity contribution in [2.45, 2.75) is 45.3 Å². The Hall–Kier alpha value is -0.870. The molecule has 0 saturated carbocycles. The maximum absolute atomic E-state index is 6.08. The summed E-state index contributed by atoms with van der Waals surface area (Å²) in [6.45, 7) is 7.68. The molecule has 2 aliphatic heterocycles. The van der Waals surface area contributed by atoms with Gasteiger partial charge in [-0.1, -0.05) is 11.6 Å². The van der Waals surface area contributed by atoms with Gasteiger partial charge in [0.15, 0.2) is 5.79 Å². The van der Waals surface area contributed by atoms with Crippen molar-refractivity contribution in [3.8, 4) is 0 Å². The molecule has 1 aliphatic carbocycles. The summed E-state index contributed by atoms with van der Waals surface area (Å²) in [5.41, 5.74) is 1.72. The zero-order valence-electron chi connectivity index (χ0n) is 12.0. The van der Waals surface area contributed by atoms with Crippen molar-refractivity contribution in [2.75, 3.05) is 26.3 Å². The van der Waals surface area contributed by atoms with Crippen LogP contribution in [-0.2, 0) is 9.47 Å². The summed E-state index contributed by atoms with van der Waals surface area (Å²) in [4.78, 5) is 4.42. The van der Waals surface area contributed by atoms with Gasteiger partial charge in [0.1, 0.15) is 5.84 Å². The number of hydrogen-bond donors (Lipinski definition) is 1. The molecule has 0 unspecified atom stereocenters. The Morgan fingerprint density at radius 2 is 2.16 bits per heavy atom. The third-order valence-corrected chi connectivity index (χ3v) is 4.53. The Labute approximate surface area is 115 Å². The highest BCUT2D eigenvalue weighted by atomic mass is 16.7. The van der Waals surface area contributed by atoms with Crippen molar-refractivity contribution >= 4 is 5.84 Å². The number of amidine groups is 1. The minimum Gasteiger partial charge on any atom is -0.372 e. The van der Waals surface area contributed by atoms with Crippen LogP contribution in [0.4, 0.5) is 0 Å². The summed E-state index contributed by atoms with van der Waals surface area (Å²) in [7, 11) is 0. The fourth-order valence-electron chi connectivity index (χ4n) is 2.99. The van der Waals surface area contributed by atoms with Crippen LogP contribution in [0, 0.1) is 5.41 Å². The Bertz CT molecular complexity index is 406. The van der Waals surface area contributed by atoms with Crippen molar-refractivity contribution < 1.29 is 9.47 Å². The first-order valence-electron chi connectivity index (χ1n) is 7.30. The zero-order chi connectivity index (χ0) is 13.3. The van der Waals surface area contributed by atoms with Crippen LogP contribution in [0.2, 0.25) is 0 Å². The summed E-state index contributed by atoms with van der Waals surface area (Å²) in [5, 5.41) is 3.29. The van der Waals surface area contributed by atoms with Gasteiger partial charge in [-0.2, -0.15) is 0 Å².